The highest BCUT2D eigenvalue weighted by Gasteiger charge is 2.15. The van der Waals surface area contributed by atoms with Gasteiger partial charge in [-0.2, -0.15) is 0 Å². The van der Waals surface area contributed by atoms with Gasteiger partial charge in [-0.3, -0.25) is 14.6 Å². The van der Waals surface area contributed by atoms with Gasteiger partial charge in [0.25, 0.3) is 0 Å². The van der Waals surface area contributed by atoms with Crippen molar-refractivity contribution in [2.75, 3.05) is 6.61 Å². The maximum absolute atomic E-state index is 12.4. The van der Waals surface area contributed by atoms with E-state index in [9.17, 15) is 9.59 Å². The highest BCUT2D eigenvalue weighted by molar-refractivity contribution is 7.13. The molecule has 0 aliphatic heterocycles. The molecule has 28 heavy (non-hydrogen) atoms. The number of pyridine rings is 1. The highest BCUT2D eigenvalue weighted by atomic mass is 32.1. The van der Waals surface area contributed by atoms with Crippen LogP contribution in [0.25, 0.3) is 10.6 Å². The Hall–Kier alpha value is -2.86. The Morgan fingerprint density at radius 3 is 2.79 bits per heavy atom. The molecule has 0 saturated carbocycles. The van der Waals surface area contributed by atoms with Crippen LogP contribution in [0.15, 0.2) is 48.1 Å². The number of hydrogen-bond donors (Lipinski definition) is 0. The van der Waals surface area contributed by atoms with Crippen molar-refractivity contribution in [1.29, 1.82) is 0 Å². The fourth-order valence-corrected chi connectivity index (χ4v) is 4.16. The van der Waals surface area contributed by atoms with Gasteiger partial charge in [0.1, 0.15) is 5.01 Å². The topological polar surface area (TPSA) is 69.2 Å². The molecule has 142 valence electrons. The molecule has 3 aromatic rings. The minimum Gasteiger partial charge on any atom is -0.457 e. The second-order valence-electron chi connectivity index (χ2n) is 6.84. The fourth-order valence-electron chi connectivity index (χ4n) is 3.35. The number of fused-ring (bicyclic) bond motifs is 1. The first-order valence-corrected chi connectivity index (χ1v) is 10.2. The van der Waals surface area contributed by atoms with E-state index in [0.29, 0.717) is 11.3 Å². The normalized spacial score (nSPS) is 13.0. The highest BCUT2D eigenvalue weighted by Crippen LogP contribution is 2.24. The number of esters is 1. The van der Waals surface area contributed by atoms with Crippen molar-refractivity contribution in [2.45, 2.75) is 32.1 Å². The van der Waals surface area contributed by atoms with Gasteiger partial charge in [-0.1, -0.05) is 12.1 Å². The molecule has 0 radical (unpaired) electrons. The molecule has 2 aromatic heterocycles. The summed E-state index contributed by atoms with van der Waals surface area (Å²) >= 11 is 1.45. The number of aryl methyl sites for hydroxylation is 2. The zero-order valence-electron chi connectivity index (χ0n) is 15.4. The quantitative estimate of drug-likeness (QED) is 0.467. The molecule has 0 unspecified atom stereocenters. The molecule has 2 heterocycles. The molecular formula is C22H20N2O3S. The van der Waals surface area contributed by atoms with Gasteiger partial charge in [0.15, 0.2) is 12.4 Å². The lowest BCUT2D eigenvalue weighted by atomic mass is 9.90. The predicted octanol–water partition coefficient (Wildman–Crippen LogP) is 4.05. The lowest BCUT2D eigenvalue weighted by molar-refractivity contribution is -0.141. The number of nitrogens with zero attached hydrogens (tertiary/aromatic N) is 2. The summed E-state index contributed by atoms with van der Waals surface area (Å²) in [5, 5.41) is 2.63. The van der Waals surface area contributed by atoms with Crippen molar-refractivity contribution in [2.24, 2.45) is 0 Å². The standard InChI is InChI=1S/C22H20N2O3S/c25-20(17-8-7-15-4-1-2-5-16(15)10-17)13-27-21(26)11-19-14-28-22(24-19)18-6-3-9-23-12-18/h3,6-10,12,14H,1-2,4-5,11,13H2. The van der Waals surface area contributed by atoms with E-state index >= 15 is 0 Å². The van der Waals surface area contributed by atoms with E-state index in [1.165, 1.54) is 28.9 Å². The third kappa shape index (κ3) is 4.34. The summed E-state index contributed by atoms with van der Waals surface area (Å²) in [6.45, 7) is -0.239. The van der Waals surface area contributed by atoms with Crippen LogP contribution in [0.5, 0.6) is 0 Å². The van der Waals surface area contributed by atoms with Crippen LogP contribution in [0, 0.1) is 0 Å². The average molecular weight is 392 g/mol. The Morgan fingerprint density at radius 2 is 1.96 bits per heavy atom. The van der Waals surface area contributed by atoms with Gasteiger partial charge in [0.05, 0.1) is 12.1 Å². The molecule has 0 fully saturated rings. The molecule has 0 spiro atoms. The molecule has 0 amide bonds. The lowest BCUT2D eigenvalue weighted by Gasteiger charge is -2.16. The van der Waals surface area contributed by atoms with E-state index < -0.39 is 5.97 Å². The maximum atomic E-state index is 12.4. The fraction of sp³-hybridized carbons (Fsp3) is 0.273. The second kappa shape index (κ2) is 8.44. The van der Waals surface area contributed by atoms with Crippen LogP contribution in [0.3, 0.4) is 0 Å². The number of ketones is 1. The molecule has 4 rings (SSSR count). The van der Waals surface area contributed by atoms with Crippen LogP contribution in [0.4, 0.5) is 0 Å². The summed E-state index contributed by atoms with van der Waals surface area (Å²) in [5.41, 5.74) is 4.73. The van der Waals surface area contributed by atoms with Gasteiger partial charge in [0, 0.05) is 28.9 Å². The molecule has 0 N–H and O–H groups in total. The summed E-state index contributed by atoms with van der Waals surface area (Å²) < 4.78 is 5.19. The Morgan fingerprint density at radius 1 is 1.11 bits per heavy atom. The average Bonchev–Trinajstić information content (AvgIpc) is 3.20. The minimum atomic E-state index is -0.450. The molecular weight excluding hydrogens is 372 g/mol. The Bertz CT molecular complexity index is 998. The first-order chi connectivity index (χ1) is 13.7. The first kappa shape index (κ1) is 18.5. The lowest BCUT2D eigenvalue weighted by Crippen LogP contribution is -2.16. The van der Waals surface area contributed by atoms with E-state index in [2.05, 4.69) is 9.97 Å². The van der Waals surface area contributed by atoms with E-state index in [-0.39, 0.29) is 18.8 Å². The largest absolute Gasteiger partial charge is 0.457 e. The number of ether oxygens (including phenoxy) is 1. The van der Waals surface area contributed by atoms with Crippen LogP contribution in [0.2, 0.25) is 0 Å². The van der Waals surface area contributed by atoms with Crippen LogP contribution < -0.4 is 0 Å². The maximum Gasteiger partial charge on any atom is 0.312 e. The van der Waals surface area contributed by atoms with Crippen molar-refractivity contribution in [1.82, 2.24) is 9.97 Å². The summed E-state index contributed by atoms with van der Waals surface area (Å²) in [6, 6.07) is 9.58. The minimum absolute atomic E-state index is 0.0498. The predicted molar refractivity (Wildman–Crippen MR) is 107 cm³/mol. The molecule has 1 aliphatic rings. The Balaban J connectivity index is 1.32. The summed E-state index contributed by atoms with van der Waals surface area (Å²) in [5.74, 6) is -0.620. The van der Waals surface area contributed by atoms with Crippen molar-refractivity contribution in [3.8, 4) is 10.6 Å². The van der Waals surface area contributed by atoms with Gasteiger partial charge in [0.2, 0.25) is 0 Å². The van der Waals surface area contributed by atoms with Gasteiger partial charge in [-0.15, -0.1) is 11.3 Å². The van der Waals surface area contributed by atoms with E-state index in [0.717, 1.165) is 29.8 Å². The van der Waals surface area contributed by atoms with E-state index in [4.69, 9.17) is 4.74 Å². The number of thiazole rings is 1. The number of rotatable bonds is 6. The molecule has 6 heteroatoms. The van der Waals surface area contributed by atoms with Gasteiger partial charge < -0.3 is 4.74 Å². The number of carbonyl (C=O) groups excluding carboxylic acids is 2. The van der Waals surface area contributed by atoms with Gasteiger partial charge >= 0.3 is 5.97 Å². The molecule has 0 saturated heterocycles. The van der Waals surface area contributed by atoms with Crippen molar-refractivity contribution in [3.63, 3.8) is 0 Å². The van der Waals surface area contributed by atoms with Crippen LogP contribution in [0.1, 0.15) is 40.0 Å². The molecule has 0 bridgehead atoms. The number of aromatic nitrogens is 2. The first-order valence-electron chi connectivity index (χ1n) is 9.34. The van der Waals surface area contributed by atoms with E-state index in [1.807, 2.05) is 35.7 Å². The third-order valence-corrected chi connectivity index (χ3v) is 5.76. The zero-order valence-corrected chi connectivity index (χ0v) is 16.2. The zero-order chi connectivity index (χ0) is 19.3. The number of hydrogen-bond acceptors (Lipinski definition) is 6. The SMILES string of the molecule is O=C(Cc1csc(-c2cccnc2)n1)OCC(=O)c1ccc2c(c1)CCCC2. The van der Waals surface area contributed by atoms with Crippen LogP contribution in [-0.2, 0) is 28.8 Å². The second-order valence-corrected chi connectivity index (χ2v) is 7.70. The van der Waals surface area contributed by atoms with Crippen molar-refractivity contribution >= 4 is 23.1 Å². The van der Waals surface area contributed by atoms with Crippen LogP contribution >= 0.6 is 11.3 Å². The molecule has 0 atom stereocenters. The summed E-state index contributed by atoms with van der Waals surface area (Å²) in [7, 11) is 0. The monoisotopic (exact) mass is 392 g/mol. The van der Waals surface area contributed by atoms with Crippen molar-refractivity contribution in [3.05, 3.63) is 70.5 Å². The summed E-state index contributed by atoms with van der Waals surface area (Å²) in [6.07, 6.45) is 7.94. The molecule has 1 aromatic carbocycles. The number of Topliss-reactive ketones (excluding diaryl/α,β-unsaturated/α-hetero) is 1. The summed E-state index contributed by atoms with van der Waals surface area (Å²) in [4.78, 5) is 33.0. The molecule has 5 nitrogen and oxygen atoms in total. The number of carbonyl (C=O) groups is 2. The smallest absolute Gasteiger partial charge is 0.312 e. The van der Waals surface area contributed by atoms with Crippen LogP contribution in [-0.4, -0.2) is 28.3 Å². The third-order valence-electron chi connectivity index (χ3n) is 4.82. The Labute approximate surface area is 167 Å². The van der Waals surface area contributed by atoms with Gasteiger partial charge in [-0.05, 0) is 55.0 Å². The van der Waals surface area contributed by atoms with Crippen molar-refractivity contribution < 1.29 is 14.3 Å². The molecule has 1 aliphatic carbocycles. The number of benzene rings is 1. The van der Waals surface area contributed by atoms with Gasteiger partial charge in [-0.25, -0.2) is 4.98 Å². The Kier molecular flexibility index (Phi) is 5.58. The van der Waals surface area contributed by atoms with E-state index in [1.54, 1.807) is 12.4 Å².